The van der Waals surface area contributed by atoms with Crippen LogP contribution in [-0.2, 0) is 0 Å². The maximum absolute atomic E-state index is 11.6. The van der Waals surface area contributed by atoms with E-state index < -0.39 is 35.8 Å². The van der Waals surface area contributed by atoms with E-state index in [1.54, 1.807) is 0 Å². The van der Waals surface area contributed by atoms with Crippen LogP contribution in [0.3, 0.4) is 0 Å². The molecule has 0 nitrogen and oxygen atoms in total. The molecule has 1 unspecified atom stereocenters. The molecular formula is C6HClF12. The second-order valence-corrected chi connectivity index (χ2v) is 3.04. The van der Waals surface area contributed by atoms with Gasteiger partial charge in [-0.15, -0.1) is 0 Å². The zero-order valence-corrected chi connectivity index (χ0v) is 8.75. The highest BCUT2D eigenvalue weighted by Gasteiger charge is 2.61. The first-order valence-electron chi connectivity index (χ1n) is 3.55. The molecule has 116 valence electrons. The number of allylic oxidation sites excluding steroid dienone is 1. The molecule has 13 heteroatoms. The van der Waals surface area contributed by atoms with Crippen LogP contribution in [-0.4, -0.2) is 23.9 Å². The summed E-state index contributed by atoms with van der Waals surface area (Å²) in [4.78, 5) is 0. The molecule has 0 heterocycles. The molecule has 0 saturated carbocycles. The summed E-state index contributed by atoms with van der Waals surface area (Å²) < 4.78 is 132. The van der Waals surface area contributed by atoms with Crippen molar-refractivity contribution in [2.24, 2.45) is 0 Å². The maximum atomic E-state index is 11.6. The van der Waals surface area contributed by atoms with Gasteiger partial charge in [0.15, 0.2) is 0 Å². The summed E-state index contributed by atoms with van der Waals surface area (Å²) in [6, 6.07) is 0. The fourth-order valence-electron chi connectivity index (χ4n) is 0.231. The highest BCUT2D eigenvalue weighted by atomic mass is 35.5. The Kier molecular flexibility index (Phi) is 7.09. The molecule has 0 aliphatic rings. The van der Waals surface area contributed by atoms with Gasteiger partial charge in [-0.2, -0.15) is 39.5 Å². The summed E-state index contributed by atoms with van der Waals surface area (Å²) >= 11 is 3.81. The van der Waals surface area contributed by atoms with E-state index in [2.05, 4.69) is 11.6 Å². The Morgan fingerprint density at radius 2 is 1.11 bits per heavy atom. The summed E-state index contributed by atoms with van der Waals surface area (Å²) in [5.41, 5.74) is 0. The monoisotopic (exact) mass is 336 g/mol. The van der Waals surface area contributed by atoms with Gasteiger partial charge in [0.1, 0.15) is 0 Å². The number of alkyl halides is 10. The Morgan fingerprint density at radius 3 is 1.11 bits per heavy atom. The van der Waals surface area contributed by atoms with Crippen molar-refractivity contribution in [1.82, 2.24) is 0 Å². The van der Waals surface area contributed by atoms with Gasteiger partial charge in [-0.1, -0.05) is 11.6 Å². The zero-order chi connectivity index (χ0) is 16.2. The molecule has 0 aromatic heterocycles. The summed E-state index contributed by atoms with van der Waals surface area (Å²) in [5.74, 6) is -3.33. The fraction of sp³-hybridized carbons (Fsp3) is 0.667. The number of rotatable bonds is 1. The van der Waals surface area contributed by atoms with Gasteiger partial charge in [0.2, 0.25) is 0 Å². The van der Waals surface area contributed by atoms with Crippen LogP contribution in [0, 0.1) is 0 Å². The Balaban J connectivity index is 0. The topological polar surface area (TPSA) is 0 Å². The number of halogens is 13. The number of hydrogen-bond acceptors (Lipinski definition) is 0. The molecule has 0 spiro atoms. The smallest absolute Gasteiger partial charge is 0.209 e. The Morgan fingerprint density at radius 1 is 0.789 bits per heavy atom. The van der Waals surface area contributed by atoms with Crippen molar-refractivity contribution in [3.8, 4) is 0 Å². The van der Waals surface area contributed by atoms with Crippen molar-refractivity contribution < 1.29 is 52.7 Å². The largest absolute Gasteiger partial charge is 0.448 e. The normalized spacial score (nSPS) is 15.5. The van der Waals surface area contributed by atoms with E-state index in [-0.39, 0.29) is 0 Å². The lowest BCUT2D eigenvalue weighted by molar-refractivity contribution is -0.231. The van der Waals surface area contributed by atoms with Crippen molar-refractivity contribution in [2.45, 2.75) is 23.9 Å². The highest BCUT2D eigenvalue weighted by molar-refractivity contribution is 6.23. The Hall–Kier alpha value is -0.810. The van der Waals surface area contributed by atoms with Crippen molar-refractivity contribution in [3.63, 3.8) is 0 Å². The van der Waals surface area contributed by atoms with Crippen molar-refractivity contribution in [2.75, 3.05) is 0 Å². The minimum absolute atomic E-state index is 3.33. The lowest BCUT2D eigenvalue weighted by Crippen LogP contribution is -2.41. The van der Waals surface area contributed by atoms with E-state index in [9.17, 15) is 52.7 Å². The van der Waals surface area contributed by atoms with E-state index in [1.165, 1.54) is 0 Å². The van der Waals surface area contributed by atoms with E-state index in [0.717, 1.165) is 0 Å². The van der Waals surface area contributed by atoms with Gasteiger partial charge in [0, 0.05) is 0 Å². The molecule has 0 rings (SSSR count). The van der Waals surface area contributed by atoms with Crippen molar-refractivity contribution in [1.29, 1.82) is 0 Å². The summed E-state index contributed by atoms with van der Waals surface area (Å²) in [6.07, 6.45) is -18.9. The van der Waals surface area contributed by atoms with Crippen LogP contribution in [0.2, 0.25) is 0 Å². The average Bonchev–Trinajstić information content (AvgIpc) is 2.13. The third kappa shape index (κ3) is 6.78. The van der Waals surface area contributed by atoms with Gasteiger partial charge in [-0.05, 0) is 0 Å². The van der Waals surface area contributed by atoms with Crippen LogP contribution in [0.25, 0.3) is 0 Å². The molecule has 0 aromatic carbocycles. The molecule has 0 radical (unpaired) electrons. The average molecular weight is 337 g/mol. The molecule has 0 bridgehead atoms. The Labute approximate surface area is 101 Å². The van der Waals surface area contributed by atoms with Crippen LogP contribution in [0.15, 0.2) is 11.9 Å². The SMILES string of the molecule is FC(F)=C(F)C(F)(F)F.FC(F)C(F)(Cl)C(F)(F)F. The van der Waals surface area contributed by atoms with Crippen LogP contribution in [0.5, 0.6) is 0 Å². The molecule has 0 amide bonds. The molecule has 0 aromatic rings. The highest BCUT2D eigenvalue weighted by Crippen LogP contribution is 2.41. The van der Waals surface area contributed by atoms with Crippen LogP contribution >= 0.6 is 11.6 Å². The van der Waals surface area contributed by atoms with Crippen molar-refractivity contribution in [3.05, 3.63) is 11.9 Å². The molecule has 19 heavy (non-hydrogen) atoms. The van der Waals surface area contributed by atoms with Crippen molar-refractivity contribution >= 4 is 11.6 Å². The van der Waals surface area contributed by atoms with E-state index in [4.69, 9.17) is 0 Å². The van der Waals surface area contributed by atoms with Crippen LogP contribution < -0.4 is 0 Å². The Bertz CT molecular complexity index is 305. The fourth-order valence-corrected chi connectivity index (χ4v) is 0.231. The molecule has 0 aliphatic heterocycles. The van der Waals surface area contributed by atoms with Crippen LogP contribution in [0.1, 0.15) is 0 Å². The van der Waals surface area contributed by atoms with E-state index in [1.807, 2.05) is 0 Å². The van der Waals surface area contributed by atoms with E-state index >= 15 is 0 Å². The van der Waals surface area contributed by atoms with Gasteiger partial charge < -0.3 is 0 Å². The third-order valence-corrected chi connectivity index (χ3v) is 1.45. The quantitative estimate of drug-likeness (QED) is 0.447. The molecule has 0 aliphatic carbocycles. The van der Waals surface area contributed by atoms with Gasteiger partial charge in [0.05, 0.1) is 0 Å². The second kappa shape index (κ2) is 6.57. The molecule has 0 N–H and O–H groups in total. The maximum Gasteiger partial charge on any atom is 0.448 e. The summed E-state index contributed by atoms with van der Waals surface area (Å²) in [5, 5.41) is -4.92. The predicted molar refractivity (Wildman–Crippen MR) is 38.2 cm³/mol. The van der Waals surface area contributed by atoms with Crippen LogP contribution in [0.4, 0.5) is 52.7 Å². The minimum Gasteiger partial charge on any atom is -0.209 e. The lowest BCUT2D eigenvalue weighted by Gasteiger charge is -2.19. The molecule has 1 atom stereocenters. The first kappa shape index (κ1) is 20.5. The molecule has 0 fully saturated rings. The summed E-state index contributed by atoms with van der Waals surface area (Å²) in [7, 11) is 0. The first-order valence-corrected chi connectivity index (χ1v) is 3.93. The van der Waals surface area contributed by atoms with Gasteiger partial charge in [-0.3, -0.25) is 0 Å². The second-order valence-electron chi connectivity index (χ2n) is 2.49. The molecule has 0 saturated heterocycles. The van der Waals surface area contributed by atoms with E-state index in [0.29, 0.717) is 0 Å². The lowest BCUT2D eigenvalue weighted by atomic mass is 10.4. The van der Waals surface area contributed by atoms with Gasteiger partial charge >= 0.3 is 23.6 Å². The van der Waals surface area contributed by atoms with Gasteiger partial charge in [0.25, 0.3) is 12.3 Å². The van der Waals surface area contributed by atoms with Gasteiger partial charge in [-0.25, -0.2) is 13.2 Å². The third-order valence-electron chi connectivity index (χ3n) is 1.07. The first-order chi connectivity index (χ1) is 8.05. The standard InChI is InChI=1S/C3HClF6.C3F6/c4-2(7,1(5)6)3(8,9)10;4-1(2(5)6)3(7,8)9/h1H;. The predicted octanol–water partition coefficient (Wildman–Crippen LogP) is 5.34. The minimum atomic E-state index is -5.73. The number of hydrogen-bond donors (Lipinski definition) is 0. The summed E-state index contributed by atoms with van der Waals surface area (Å²) in [6.45, 7) is 0. The zero-order valence-electron chi connectivity index (χ0n) is 7.99. The molecular weight excluding hydrogens is 335 g/mol.